The second-order valence-electron chi connectivity index (χ2n) is 28.6. The summed E-state index contributed by atoms with van der Waals surface area (Å²) in [4.78, 5) is 0. The second kappa shape index (κ2) is 20.6. The molecule has 2 aliphatic rings. The first-order valence-corrected chi connectivity index (χ1v) is 33.1. The maximum absolute atomic E-state index is 7.74. The SMILES string of the molecule is CC(C)(C)c1cc(-c2ccc3c(c2)Oc2ccc(-c4cc([Si](c5ccccc5)(c5ccccc5)c5ccccc5)c5c(c4)c4ccccc4n5-c4ccccc4)c4c2B3c2ccc(-c3cc(C(C)(C)C)cc(C(C)(C)C)c3)cc2O4)cc(C(C)(C)C)c1. The van der Waals surface area contributed by atoms with Crippen molar-refractivity contribution in [3.63, 3.8) is 0 Å². The Morgan fingerprint density at radius 3 is 1.25 bits per heavy atom. The fraction of sp³-hybridized carbons (Fsp3) is 0.195. The van der Waals surface area contributed by atoms with Crippen LogP contribution in [-0.4, -0.2) is 19.4 Å². The monoisotopic (exact) mass is 1150 g/mol. The van der Waals surface area contributed by atoms with Gasteiger partial charge in [0.15, 0.2) is 8.07 Å². The van der Waals surface area contributed by atoms with Gasteiger partial charge in [0.25, 0.3) is 6.71 Å². The number of benzene rings is 11. The van der Waals surface area contributed by atoms with Gasteiger partial charge in [0.1, 0.15) is 23.0 Å². The van der Waals surface area contributed by atoms with Crippen LogP contribution in [0.2, 0.25) is 0 Å². The van der Waals surface area contributed by atoms with Crippen molar-refractivity contribution in [2.75, 3.05) is 0 Å². The van der Waals surface area contributed by atoms with Gasteiger partial charge in [-0.25, -0.2) is 0 Å². The van der Waals surface area contributed by atoms with Crippen molar-refractivity contribution in [1.29, 1.82) is 0 Å². The Labute approximate surface area is 516 Å². The molecule has 0 aliphatic carbocycles. The lowest BCUT2D eigenvalue weighted by Crippen LogP contribution is -2.75. The Hall–Kier alpha value is -8.90. The molecule has 0 saturated carbocycles. The van der Waals surface area contributed by atoms with Crippen LogP contribution >= 0.6 is 0 Å². The third-order valence-electron chi connectivity index (χ3n) is 18.6. The Bertz CT molecular complexity index is 4480. The van der Waals surface area contributed by atoms with Crippen molar-refractivity contribution >= 4 is 73.7 Å². The topological polar surface area (TPSA) is 23.4 Å². The first kappa shape index (κ1) is 55.9. The Morgan fingerprint density at radius 1 is 0.345 bits per heavy atom. The van der Waals surface area contributed by atoms with E-state index in [9.17, 15) is 0 Å². The molecule has 5 heteroatoms. The summed E-state index contributed by atoms with van der Waals surface area (Å²) >= 11 is 0. The summed E-state index contributed by atoms with van der Waals surface area (Å²) in [6.07, 6.45) is 0. The van der Waals surface area contributed by atoms with Crippen molar-refractivity contribution in [1.82, 2.24) is 4.57 Å². The van der Waals surface area contributed by atoms with Gasteiger partial charge >= 0.3 is 0 Å². The van der Waals surface area contributed by atoms with E-state index in [4.69, 9.17) is 9.47 Å². The highest BCUT2D eigenvalue weighted by Gasteiger charge is 2.46. The van der Waals surface area contributed by atoms with E-state index in [0.29, 0.717) is 0 Å². The minimum absolute atomic E-state index is 0.0284. The molecule has 428 valence electrons. The number of rotatable bonds is 8. The third kappa shape index (κ3) is 9.58. The van der Waals surface area contributed by atoms with E-state index in [-0.39, 0.29) is 28.4 Å². The smallest absolute Gasteiger partial charge is 0.260 e. The van der Waals surface area contributed by atoms with Gasteiger partial charge in [-0.2, -0.15) is 0 Å². The summed E-state index contributed by atoms with van der Waals surface area (Å²) in [5, 5.41) is 7.61. The standard InChI is InChI=1S/C82H76BNO2Si/c1-79(2,3)58-43-55(44-59(51-58)80(4,5)6)53-37-40-69-73(48-53)85-72-42-39-66(78-76(72)83(69)70-41-38-54(49-74(70)86-78)56-45-60(81(7,8)9)52-61(46-56)82(10,11)12)57-47-68-67-35-25-26-36-71(67)84(62-27-17-13-18-28-62)77(68)75(50-57)87(63-29-19-14-20-30-63,64-31-21-15-22-32-64)65-33-23-16-24-34-65/h13-52H,1-12H3. The molecule has 0 amide bonds. The lowest BCUT2D eigenvalue weighted by atomic mass is 9.34. The predicted molar refractivity (Wildman–Crippen MR) is 373 cm³/mol. The van der Waals surface area contributed by atoms with Gasteiger partial charge in [0.2, 0.25) is 0 Å². The average molecular weight is 1150 g/mol. The van der Waals surface area contributed by atoms with Crippen LogP contribution in [-0.2, 0) is 21.7 Å². The van der Waals surface area contributed by atoms with Crippen LogP contribution in [0.25, 0.3) is 60.9 Å². The van der Waals surface area contributed by atoms with E-state index in [1.54, 1.807) is 0 Å². The van der Waals surface area contributed by atoms with Crippen molar-refractivity contribution < 1.29 is 9.47 Å². The molecule has 0 N–H and O–H groups in total. The summed E-state index contributed by atoms with van der Waals surface area (Å²) in [6.45, 7) is 27.6. The fourth-order valence-electron chi connectivity index (χ4n) is 13.8. The summed E-state index contributed by atoms with van der Waals surface area (Å²) in [5.74, 6) is 3.36. The van der Waals surface area contributed by atoms with Crippen LogP contribution < -0.4 is 46.6 Å². The number of hydrogen-bond donors (Lipinski definition) is 0. The fourth-order valence-corrected chi connectivity index (χ4v) is 18.8. The van der Waals surface area contributed by atoms with E-state index in [1.165, 1.54) is 70.4 Å². The molecule has 0 bridgehead atoms. The number of aromatic nitrogens is 1. The van der Waals surface area contributed by atoms with Crippen molar-refractivity contribution in [3.8, 4) is 62.1 Å². The van der Waals surface area contributed by atoms with Gasteiger partial charge in [-0.3, -0.25) is 0 Å². The Morgan fingerprint density at radius 2 is 0.782 bits per heavy atom. The molecule has 0 spiro atoms. The van der Waals surface area contributed by atoms with Gasteiger partial charge in [0, 0.05) is 27.5 Å². The number of ether oxygens (including phenoxy) is 2. The van der Waals surface area contributed by atoms with Crippen LogP contribution in [0.4, 0.5) is 0 Å². The van der Waals surface area contributed by atoms with Gasteiger partial charge in [-0.1, -0.05) is 277 Å². The van der Waals surface area contributed by atoms with Gasteiger partial charge in [-0.05, 0) is 152 Å². The van der Waals surface area contributed by atoms with Crippen LogP contribution in [0, 0.1) is 0 Å². The summed E-state index contributed by atoms with van der Waals surface area (Å²) < 4.78 is 17.6. The lowest BCUT2D eigenvalue weighted by molar-refractivity contribution is 0.466. The molecule has 0 atom stereocenters. The molecule has 1 aromatic heterocycles. The minimum atomic E-state index is -3.25. The van der Waals surface area contributed by atoms with Crippen LogP contribution in [0.1, 0.15) is 105 Å². The van der Waals surface area contributed by atoms with E-state index in [0.717, 1.165) is 72.8 Å². The zero-order chi connectivity index (χ0) is 60.4. The van der Waals surface area contributed by atoms with E-state index in [2.05, 4.69) is 330 Å². The summed E-state index contributed by atoms with van der Waals surface area (Å²) in [7, 11) is -3.25. The van der Waals surface area contributed by atoms with Crippen LogP contribution in [0.15, 0.2) is 243 Å². The molecule has 0 unspecified atom stereocenters. The van der Waals surface area contributed by atoms with E-state index < -0.39 is 8.07 Å². The third-order valence-corrected chi connectivity index (χ3v) is 23.4. The molecule has 3 heterocycles. The highest BCUT2D eigenvalue weighted by atomic mass is 28.3. The number of nitrogens with zero attached hydrogens (tertiary/aromatic N) is 1. The number of para-hydroxylation sites is 2. The average Bonchev–Trinajstić information content (AvgIpc) is 1.74. The van der Waals surface area contributed by atoms with Gasteiger partial charge < -0.3 is 14.0 Å². The zero-order valence-corrected chi connectivity index (χ0v) is 53.4. The van der Waals surface area contributed by atoms with Crippen LogP contribution in [0.5, 0.6) is 23.0 Å². The second-order valence-corrected chi connectivity index (χ2v) is 32.3. The first-order valence-electron chi connectivity index (χ1n) is 31.1. The van der Waals surface area contributed by atoms with Crippen molar-refractivity contribution in [3.05, 3.63) is 265 Å². The minimum Gasteiger partial charge on any atom is -0.458 e. The summed E-state index contributed by atoms with van der Waals surface area (Å²) in [5.41, 5.74) is 18.7. The molecule has 2 aliphatic heterocycles. The number of hydrogen-bond acceptors (Lipinski definition) is 2. The Balaban J connectivity index is 1.06. The first-order chi connectivity index (χ1) is 41.6. The van der Waals surface area contributed by atoms with Crippen LogP contribution in [0.3, 0.4) is 0 Å². The van der Waals surface area contributed by atoms with E-state index >= 15 is 0 Å². The highest BCUT2D eigenvalue weighted by Crippen LogP contribution is 2.46. The molecule has 14 rings (SSSR count). The van der Waals surface area contributed by atoms with Crippen molar-refractivity contribution in [2.24, 2.45) is 0 Å². The summed E-state index contributed by atoms with van der Waals surface area (Å²) in [6, 6.07) is 91.8. The quantitative estimate of drug-likeness (QED) is 0.112. The molecule has 12 aromatic rings. The highest BCUT2D eigenvalue weighted by molar-refractivity contribution is 7.20. The predicted octanol–water partition coefficient (Wildman–Crippen LogP) is 17.1. The van der Waals surface area contributed by atoms with Gasteiger partial charge in [0.05, 0.1) is 11.0 Å². The maximum Gasteiger partial charge on any atom is 0.260 e. The number of fused-ring (bicyclic) bond motifs is 7. The normalized spacial score (nSPS) is 13.2. The lowest BCUT2D eigenvalue weighted by Gasteiger charge is -2.36. The Kier molecular flexibility index (Phi) is 13.3. The molecule has 0 saturated heterocycles. The molecule has 3 nitrogen and oxygen atoms in total. The van der Waals surface area contributed by atoms with Gasteiger partial charge in [-0.15, -0.1) is 0 Å². The molecular formula is C82H76BNO2Si. The largest absolute Gasteiger partial charge is 0.458 e. The van der Waals surface area contributed by atoms with E-state index in [1.807, 2.05) is 0 Å². The zero-order valence-electron chi connectivity index (χ0n) is 52.4. The molecule has 11 aromatic carbocycles. The molecule has 87 heavy (non-hydrogen) atoms. The molecule has 0 fully saturated rings. The van der Waals surface area contributed by atoms with Crippen molar-refractivity contribution in [2.45, 2.75) is 105 Å². The molecule has 0 radical (unpaired) electrons. The molecular weight excluding hydrogens is 1070 g/mol. The maximum atomic E-state index is 7.74.